The first-order chi connectivity index (χ1) is 9.66. The molecule has 0 saturated carbocycles. The molecular weight excluding hydrogens is 254 g/mol. The number of likely N-dealkylation sites (tertiary alicyclic amines) is 1. The molecule has 5 nitrogen and oxygen atoms in total. The third-order valence-electron chi connectivity index (χ3n) is 3.83. The molecule has 5 heteroatoms. The first-order valence-electron chi connectivity index (χ1n) is 7.13. The lowest BCUT2D eigenvalue weighted by molar-refractivity contribution is -0.134. The minimum Gasteiger partial charge on any atom is -0.369 e. The Morgan fingerprint density at radius 3 is 2.70 bits per heavy atom. The Morgan fingerprint density at radius 2 is 2.10 bits per heavy atom. The highest BCUT2D eigenvalue weighted by atomic mass is 16.2. The second-order valence-corrected chi connectivity index (χ2v) is 5.27. The molecule has 1 fully saturated rings. The molecule has 1 aliphatic heterocycles. The van der Waals surface area contributed by atoms with E-state index < -0.39 is 0 Å². The summed E-state index contributed by atoms with van der Waals surface area (Å²) >= 11 is 0. The molecule has 2 rings (SSSR count). The van der Waals surface area contributed by atoms with Crippen LogP contribution in [-0.2, 0) is 16.0 Å². The number of piperidine rings is 1. The van der Waals surface area contributed by atoms with Gasteiger partial charge in [-0.25, -0.2) is 0 Å². The van der Waals surface area contributed by atoms with Crippen molar-refractivity contribution in [2.45, 2.75) is 32.1 Å². The molecular formula is C15H21N3O2. The summed E-state index contributed by atoms with van der Waals surface area (Å²) in [4.78, 5) is 29.0. The van der Waals surface area contributed by atoms with Crippen molar-refractivity contribution in [2.24, 2.45) is 11.7 Å². The van der Waals surface area contributed by atoms with Gasteiger partial charge in [-0.3, -0.25) is 14.6 Å². The van der Waals surface area contributed by atoms with Crippen LogP contribution in [0.2, 0.25) is 0 Å². The zero-order chi connectivity index (χ0) is 14.4. The van der Waals surface area contributed by atoms with E-state index in [1.54, 1.807) is 6.20 Å². The van der Waals surface area contributed by atoms with Crippen LogP contribution in [0.3, 0.4) is 0 Å². The number of aromatic nitrogens is 1. The van der Waals surface area contributed by atoms with Gasteiger partial charge in [0, 0.05) is 37.8 Å². The van der Waals surface area contributed by atoms with Gasteiger partial charge in [0.2, 0.25) is 11.8 Å². The lowest BCUT2D eigenvalue weighted by atomic mass is 9.96. The van der Waals surface area contributed by atoms with E-state index in [-0.39, 0.29) is 17.7 Å². The minimum atomic E-state index is -0.242. The lowest BCUT2D eigenvalue weighted by Gasteiger charge is -2.30. The van der Waals surface area contributed by atoms with Gasteiger partial charge >= 0.3 is 0 Å². The second kappa shape index (κ2) is 7.03. The van der Waals surface area contributed by atoms with E-state index in [1.807, 2.05) is 23.2 Å². The van der Waals surface area contributed by atoms with E-state index in [9.17, 15) is 9.59 Å². The van der Waals surface area contributed by atoms with Gasteiger partial charge in [-0.2, -0.15) is 0 Å². The Morgan fingerprint density at radius 1 is 1.35 bits per heavy atom. The van der Waals surface area contributed by atoms with Crippen molar-refractivity contribution in [3.63, 3.8) is 0 Å². The van der Waals surface area contributed by atoms with Gasteiger partial charge in [0.25, 0.3) is 0 Å². The third-order valence-corrected chi connectivity index (χ3v) is 3.83. The minimum absolute atomic E-state index is 0.0607. The molecule has 0 atom stereocenters. The van der Waals surface area contributed by atoms with Gasteiger partial charge in [-0.05, 0) is 37.3 Å². The Bertz CT molecular complexity index is 453. The summed E-state index contributed by atoms with van der Waals surface area (Å²) in [6, 6.07) is 3.93. The number of rotatable bonds is 5. The van der Waals surface area contributed by atoms with Gasteiger partial charge in [-0.1, -0.05) is 6.07 Å². The van der Waals surface area contributed by atoms with Crippen LogP contribution in [0.4, 0.5) is 0 Å². The number of carbonyl (C=O) groups excluding carboxylic acids is 2. The van der Waals surface area contributed by atoms with Crippen LogP contribution >= 0.6 is 0 Å². The topological polar surface area (TPSA) is 76.3 Å². The molecule has 108 valence electrons. The molecule has 0 radical (unpaired) electrons. The van der Waals surface area contributed by atoms with Crippen LogP contribution in [0.5, 0.6) is 0 Å². The first kappa shape index (κ1) is 14.5. The standard InChI is InChI=1S/C15H21N3O2/c16-15(20)13-6-9-18(10-7-13)14(19)5-1-3-12-4-2-8-17-11-12/h2,4,8,11,13H,1,3,5-7,9-10H2,(H2,16,20). The predicted octanol–water partition coefficient (Wildman–Crippen LogP) is 1.13. The van der Waals surface area contributed by atoms with Crippen molar-refractivity contribution in [1.29, 1.82) is 0 Å². The van der Waals surface area contributed by atoms with Crippen molar-refractivity contribution in [3.8, 4) is 0 Å². The van der Waals surface area contributed by atoms with E-state index in [1.165, 1.54) is 0 Å². The molecule has 1 saturated heterocycles. The summed E-state index contributed by atoms with van der Waals surface area (Å²) in [6.07, 6.45) is 7.24. The average Bonchev–Trinajstić information content (AvgIpc) is 2.48. The number of amides is 2. The summed E-state index contributed by atoms with van der Waals surface area (Å²) in [5, 5.41) is 0. The molecule has 0 aliphatic carbocycles. The smallest absolute Gasteiger partial charge is 0.222 e. The Balaban J connectivity index is 1.69. The Hall–Kier alpha value is -1.91. The van der Waals surface area contributed by atoms with Crippen LogP contribution < -0.4 is 5.73 Å². The molecule has 2 heterocycles. The molecule has 20 heavy (non-hydrogen) atoms. The maximum atomic E-state index is 12.1. The second-order valence-electron chi connectivity index (χ2n) is 5.27. The molecule has 0 aromatic carbocycles. The van der Waals surface area contributed by atoms with Crippen LogP contribution in [0.25, 0.3) is 0 Å². The van der Waals surface area contributed by atoms with Crippen LogP contribution in [0.15, 0.2) is 24.5 Å². The normalized spacial score (nSPS) is 16.1. The SMILES string of the molecule is NC(=O)C1CCN(C(=O)CCCc2cccnc2)CC1. The summed E-state index contributed by atoms with van der Waals surface area (Å²) < 4.78 is 0. The van der Waals surface area contributed by atoms with Crippen LogP contribution in [0.1, 0.15) is 31.2 Å². The van der Waals surface area contributed by atoms with Crippen molar-refractivity contribution in [1.82, 2.24) is 9.88 Å². The number of aryl methyl sites for hydroxylation is 1. The number of nitrogens with two attached hydrogens (primary N) is 1. The highest BCUT2D eigenvalue weighted by molar-refractivity contribution is 5.78. The number of carbonyl (C=O) groups is 2. The molecule has 1 aliphatic rings. The van der Waals surface area contributed by atoms with Gasteiger partial charge in [0.1, 0.15) is 0 Å². The monoisotopic (exact) mass is 275 g/mol. The number of nitrogens with zero attached hydrogens (tertiary/aromatic N) is 2. The van der Waals surface area contributed by atoms with Crippen molar-refractivity contribution in [3.05, 3.63) is 30.1 Å². The van der Waals surface area contributed by atoms with Gasteiger partial charge < -0.3 is 10.6 Å². The fourth-order valence-corrected chi connectivity index (χ4v) is 2.56. The van der Waals surface area contributed by atoms with E-state index >= 15 is 0 Å². The lowest BCUT2D eigenvalue weighted by Crippen LogP contribution is -2.41. The molecule has 2 N–H and O–H groups in total. The highest BCUT2D eigenvalue weighted by Crippen LogP contribution is 2.17. The van der Waals surface area contributed by atoms with Gasteiger partial charge in [0.05, 0.1) is 0 Å². The van der Waals surface area contributed by atoms with E-state index in [2.05, 4.69) is 4.98 Å². The number of hydrogen-bond donors (Lipinski definition) is 1. The van der Waals surface area contributed by atoms with Crippen molar-refractivity contribution >= 4 is 11.8 Å². The summed E-state index contributed by atoms with van der Waals surface area (Å²) in [5.41, 5.74) is 6.44. The summed E-state index contributed by atoms with van der Waals surface area (Å²) in [7, 11) is 0. The fourth-order valence-electron chi connectivity index (χ4n) is 2.56. The molecule has 2 amide bonds. The zero-order valence-electron chi connectivity index (χ0n) is 11.6. The molecule has 1 aromatic heterocycles. The third kappa shape index (κ3) is 4.05. The van der Waals surface area contributed by atoms with Crippen LogP contribution in [0, 0.1) is 5.92 Å². The number of hydrogen-bond acceptors (Lipinski definition) is 3. The van der Waals surface area contributed by atoms with Gasteiger partial charge in [0.15, 0.2) is 0 Å². The van der Waals surface area contributed by atoms with E-state index in [0.29, 0.717) is 32.4 Å². The van der Waals surface area contributed by atoms with Crippen molar-refractivity contribution < 1.29 is 9.59 Å². The first-order valence-corrected chi connectivity index (χ1v) is 7.13. The largest absolute Gasteiger partial charge is 0.369 e. The number of pyridine rings is 1. The summed E-state index contributed by atoms with van der Waals surface area (Å²) in [5.74, 6) is -0.125. The molecule has 0 bridgehead atoms. The van der Waals surface area contributed by atoms with Gasteiger partial charge in [-0.15, -0.1) is 0 Å². The Kier molecular flexibility index (Phi) is 5.09. The van der Waals surface area contributed by atoms with Crippen molar-refractivity contribution in [2.75, 3.05) is 13.1 Å². The quantitative estimate of drug-likeness (QED) is 0.875. The zero-order valence-corrected chi connectivity index (χ0v) is 11.6. The Labute approximate surface area is 119 Å². The highest BCUT2D eigenvalue weighted by Gasteiger charge is 2.25. The maximum absolute atomic E-state index is 12.1. The summed E-state index contributed by atoms with van der Waals surface area (Å²) in [6.45, 7) is 1.30. The number of primary amides is 1. The van der Waals surface area contributed by atoms with E-state index in [4.69, 9.17) is 5.73 Å². The van der Waals surface area contributed by atoms with Crippen LogP contribution in [-0.4, -0.2) is 34.8 Å². The maximum Gasteiger partial charge on any atom is 0.222 e. The molecule has 0 spiro atoms. The predicted molar refractivity (Wildman–Crippen MR) is 75.7 cm³/mol. The average molecular weight is 275 g/mol. The molecule has 1 aromatic rings. The van der Waals surface area contributed by atoms with E-state index in [0.717, 1.165) is 18.4 Å². The fraction of sp³-hybridized carbons (Fsp3) is 0.533. The molecule has 0 unspecified atom stereocenters.